The lowest BCUT2D eigenvalue weighted by Gasteiger charge is -2.05. The van der Waals surface area contributed by atoms with Gasteiger partial charge in [0.05, 0.1) is 17.9 Å². The number of aromatic nitrogens is 3. The third-order valence-electron chi connectivity index (χ3n) is 3.21. The van der Waals surface area contributed by atoms with Gasteiger partial charge in [0.2, 0.25) is 0 Å². The van der Waals surface area contributed by atoms with Crippen molar-refractivity contribution in [2.45, 2.75) is 25.8 Å². The van der Waals surface area contributed by atoms with Gasteiger partial charge in [-0.05, 0) is 12.5 Å². The van der Waals surface area contributed by atoms with Crippen molar-refractivity contribution < 1.29 is 8.78 Å². The number of rotatable bonds is 4. The van der Waals surface area contributed by atoms with E-state index in [1.807, 2.05) is 6.20 Å². The van der Waals surface area contributed by atoms with E-state index in [4.69, 9.17) is 11.6 Å². The lowest BCUT2D eigenvalue weighted by Crippen LogP contribution is -2.03. The number of alkyl halides is 1. The first-order chi connectivity index (χ1) is 10.1. The smallest absolute Gasteiger partial charge is 0.153 e. The van der Waals surface area contributed by atoms with Gasteiger partial charge in [-0.2, -0.15) is 0 Å². The highest BCUT2D eigenvalue weighted by atomic mass is 35.5. The molecule has 0 amide bonds. The Hall–Kier alpha value is -1.53. The average molecular weight is 328 g/mol. The zero-order chi connectivity index (χ0) is 15.0. The van der Waals surface area contributed by atoms with Crippen LogP contribution in [0, 0.1) is 11.6 Å². The number of hydrogen-bond acceptors (Lipinski definition) is 3. The van der Waals surface area contributed by atoms with E-state index in [0.717, 1.165) is 17.5 Å². The van der Waals surface area contributed by atoms with Gasteiger partial charge in [0.25, 0.3) is 0 Å². The second kappa shape index (κ2) is 5.69. The Labute approximate surface area is 129 Å². The highest BCUT2D eigenvalue weighted by Gasteiger charge is 2.16. The molecule has 3 rings (SSSR count). The lowest BCUT2D eigenvalue weighted by atomic mass is 10.3. The Morgan fingerprint density at radius 3 is 2.81 bits per heavy atom. The van der Waals surface area contributed by atoms with Crippen LogP contribution < -0.4 is 0 Å². The molecule has 21 heavy (non-hydrogen) atoms. The highest BCUT2D eigenvalue weighted by molar-refractivity contribution is 7.11. The summed E-state index contributed by atoms with van der Waals surface area (Å²) in [5.74, 6) is -0.676. The first-order valence-corrected chi connectivity index (χ1v) is 7.81. The molecule has 7 heteroatoms. The van der Waals surface area contributed by atoms with E-state index in [0.29, 0.717) is 17.9 Å². The van der Waals surface area contributed by atoms with E-state index in [1.54, 1.807) is 15.9 Å². The van der Waals surface area contributed by atoms with Gasteiger partial charge in [-0.1, -0.05) is 6.92 Å². The predicted molar refractivity (Wildman–Crippen MR) is 79.8 cm³/mol. The van der Waals surface area contributed by atoms with Crippen LogP contribution in [0.15, 0.2) is 18.3 Å². The molecule has 0 radical (unpaired) electrons. The van der Waals surface area contributed by atoms with Crippen LogP contribution in [0.25, 0.3) is 11.0 Å². The molecule has 0 saturated carbocycles. The van der Waals surface area contributed by atoms with Crippen LogP contribution in [-0.4, -0.2) is 14.5 Å². The van der Waals surface area contributed by atoms with E-state index in [1.165, 1.54) is 10.9 Å². The average Bonchev–Trinajstić information content (AvgIpc) is 3.04. The molecule has 110 valence electrons. The van der Waals surface area contributed by atoms with Gasteiger partial charge in [-0.25, -0.2) is 18.7 Å². The highest BCUT2D eigenvalue weighted by Crippen LogP contribution is 2.24. The topological polar surface area (TPSA) is 30.7 Å². The fourth-order valence-electron chi connectivity index (χ4n) is 2.20. The summed E-state index contributed by atoms with van der Waals surface area (Å²) in [5, 5.41) is 0.863. The summed E-state index contributed by atoms with van der Waals surface area (Å²) in [5.41, 5.74) is 0.538. The van der Waals surface area contributed by atoms with Crippen molar-refractivity contribution in [3.63, 3.8) is 0 Å². The molecule has 0 bridgehead atoms. The van der Waals surface area contributed by atoms with E-state index >= 15 is 0 Å². The normalized spacial score (nSPS) is 11.4. The molecular formula is C14H12ClF2N3S. The molecule has 0 saturated heterocycles. The van der Waals surface area contributed by atoms with Gasteiger partial charge in [-0.3, -0.25) is 0 Å². The van der Waals surface area contributed by atoms with E-state index in [9.17, 15) is 8.78 Å². The summed E-state index contributed by atoms with van der Waals surface area (Å²) in [6, 6.07) is 2.10. The fraction of sp³-hybridized carbons (Fsp3) is 0.286. The van der Waals surface area contributed by atoms with Gasteiger partial charge < -0.3 is 4.57 Å². The van der Waals surface area contributed by atoms with E-state index in [2.05, 4.69) is 16.9 Å². The summed E-state index contributed by atoms with van der Waals surface area (Å²) in [6.45, 7) is 2.46. The Balaban J connectivity index is 2.11. The monoisotopic (exact) mass is 327 g/mol. The quantitative estimate of drug-likeness (QED) is 0.675. The maximum Gasteiger partial charge on any atom is 0.153 e. The van der Waals surface area contributed by atoms with Crippen LogP contribution in [0.2, 0.25) is 0 Å². The number of aryl methyl sites for hydroxylation is 1. The Bertz CT molecular complexity index is 797. The van der Waals surface area contributed by atoms with Crippen molar-refractivity contribution in [1.82, 2.24) is 14.5 Å². The number of hydrogen-bond donors (Lipinski definition) is 0. The minimum atomic E-state index is -0.677. The standard InChI is InChI=1S/C14H12ClF2N3S/c1-2-9-6-18-13(21-9)7-20-11-4-8(16)3-10(17)14(11)19-12(20)5-15/h3-4,6H,2,5,7H2,1H3. The molecule has 0 aliphatic rings. The molecule has 2 aromatic heterocycles. The summed E-state index contributed by atoms with van der Waals surface area (Å²) < 4.78 is 29.0. The Morgan fingerprint density at radius 2 is 2.14 bits per heavy atom. The van der Waals surface area contributed by atoms with Gasteiger partial charge in [0.15, 0.2) is 5.82 Å². The summed E-state index contributed by atoms with van der Waals surface area (Å²) in [6.07, 6.45) is 2.73. The second-order valence-electron chi connectivity index (χ2n) is 4.58. The van der Waals surface area contributed by atoms with Crippen molar-refractivity contribution in [1.29, 1.82) is 0 Å². The third-order valence-corrected chi connectivity index (χ3v) is 4.58. The molecule has 1 aromatic carbocycles. The molecular weight excluding hydrogens is 316 g/mol. The van der Waals surface area contributed by atoms with Gasteiger partial charge in [0.1, 0.15) is 22.2 Å². The molecule has 0 fully saturated rings. The van der Waals surface area contributed by atoms with Gasteiger partial charge in [-0.15, -0.1) is 22.9 Å². The Morgan fingerprint density at radius 1 is 1.33 bits per heavy atom. The van der Waals surface area contributed by atoms with Crippen LogP contribution in [0.4, 0.5) is 8.78 Å². The first kappa shape index (κ1) is 14.4. The third kappa shape index (κ3) is 2.65. The maximum absolute atomic E-state index is 13.8. The number of nitrogens with zero attached hydrogens (tertiary/aromatic N) is 3. The van der Waals surface area contributed by atoms with Crippen molar-refractivity contribution in [2.24, 2.45) is 0 Å². The molecule has 0 N–H and O–H groups in total. The van der Waals surface area contributed by atoms with E-state index < -0.39 is 11.6 Å². The number of halogens is 3. The predicted octanol–water partition coefficient (Wildman–Crippen LogP) is 4.12. The molecule has 0 spiro atoms. The van der Waals surface area contributed by atoms with Gasteiger partial charge in [0, 0.05) is 17.1 Å². The van der Waals surface area contributed by atoms with Crippen molar-refractivity contribution >= 4 is 34.0 Å². The summed E-state index contributed by atoms with van der Waals surface area (Å²) in [7, 11) is 0. The van der Waals surface area contributed by atoms with Crippen molar-refractivity contribution in [3.8, 4) is 0 Å². The second-order valence-corrected chi connectivity index (χ2v) is 6.04. The lowest BCUT2D eigenvalue weighted by molar-refractivity contribution is 0.590. The fourth-order valence-corrected chi connectivity index (χ4v) is 3.25. The minimum absolute atomic E-state index is 0.127. The van der Waals surface area contributed by atoms with Crippen molar-refractivity contribution in [2.75, 3.05) is 0 Å². The first-order valence-electron chi connectivity index (χ1n) is 6.46. The number of fused-ring (bicyclic) bond motifs is 1. The summed E-state index contributed by atoms with van der Waals surface area (Å²) >= 11 is 7.45. The number of imidazole rings is 1. The molecule has 0 aliphatic carbocycles. The zero-order valence-corrected chi connectivity index (χ0v) is 12.8. The molecule has 0 aliphatic heterocycles. The van der Waals surface area contributed by atoms with Crippen LogP contribution in [-0.2, 0) is 18.8 Å². The van der Waals surface area contributed by atoms with Crippen LogP contribution in [0.1, 0.15) is 22.6 Å². The van der Waals surface area contributed by atoms with Crippen LogP contribution in [0.5, 0.6) is 0 Å². The molecule has 0 unspecified atom stereocenters. The van der Waals surface area contributed by atoms with Crippen molar-refractivity contribution in [3.05, 3.63) is 45.7 Å². The molecule has 3 aromatic rings. The minimum Gasteiger partial charge on any atom is -0.320 e. The molecule has 0 atom stereocenters. The summed E-state index contributed by atoms with van der Waals surface area (Å²) in [4.78, 5) is 9.66. The number of benzene rings is 1. The molecule has 2 heterocycles. The largest absolute Gasteiger partial charge is 0.320 e. The maximum atomic E-state index is 13.8. The van der Waals surface area contributed by atoms with E-state index in [-0.39, 0.29) is 11.4 Å². The van der Waals surface area contributed by atoms with Gasteiger partial charge >= 0.3 is 0 Å². The van der Waals surface area contributed by atoms with Crippen LogP contribution in [0.3, 0.4) is 0 Å². The number of thiazole rings is 1. The Kier molecular flexibility index (Phi) is 3.91. The van der Waals surface area contributed by atoms with Crippen LogP contribution >= 0.6 is 22.9 Å². The SMILES string of the molecule is CCc1cnc(Cn2c(CCl)nc3c(F)cc(F)cc32)s1. The molecule has 3 nitrogen and oxygen atoms in total. The zero-order valence-electron chi connectivity index (χ0n) is 11.2.